The Balaban J connectivity index is 2.66. The van der Waals surface area contributed by atoms with E-state index in [0.717, 1.165) is 10.2 Å². The van der Waals surface area contributed by atoms with Crippen LogP contribution in [0.4, 0.5) is 0 Å². The average Bonchev–Trinajstić information content (AvgIpc) is 2.04. The van der Waals surface area contributed by atoms with Crippen LogP contribution in [0.2, 0.25) is 0 Å². The molecule has 58 valence electrons. The molecule has 0 saturated heterocycles. The van der Waals surface area contributed by atoms with Gasteiger partial charge in [0.1, 0.15) is 5.75 Å². The van der Waals surface area contributed by atoms with Crippen molar-refractivity contribution >= 4 is 22.3 Å². The number of halogens is 1. The first-order valence-electron chi connectivity index (χ1n) is 3.16. The standard InChI is InChI=1S/C8H8BrNO/c1-10-6-11-8-4-2-7(9)3-5-8/h2-6H,1H3. The predicted molar refractivity (Wildman–Crippen MR) is 49.2 cm³/mol. The van der Waals surface area contributed by atoms with Crippen LogP contribution in [-0.2, 0) is 0 Å². The maximum atomic E-state index is 5.10. The van der Waals surface area contributed by atoms with Crippen LogP contribution in [0.1, 0.15) is 0 Å². The molecule has 3 heteroatoms. The van der Waals surface area contributed by atoms with Gasteiger partial charge < -0.3 is 4.74 Å². The molecule has 0 aliphatic rings. The number of nitrogens with zero attached hydrogens (tertiary/aromatic N) is 1. The Hall–Kier alpha value is -0.830. The number of ether oxygens (including phenoxy) is 1. The summed E-state index contributed by atoms with van der Waals surface area (Å²) in [5, 5.41) is 0. The van der Waals surface area contributed by atoms with Crippen LogP contribution in [-0.4, -0.2) is 13.4 Å². The van der Waals surface area contributed by atoms with Gasteiger partial charge in [0.2, 0.25) is 0 Å². The van der Waals surface area contributed by atoms with Gasteiger partial charge in [-0.2, -0.15) is 0 Å². The molecule has 0 heterocycles. The summed E-state index contributed by atoms with van der Waals surface area (Å²) in [6.07, 6.45) is 1.41. The van der Waals surface area contributed by atoms with Gasteiger partial charge in [0.15, 0.2) is 6.40 Å². The number of hydrogen-bond donors (Lipinski definition) is 0. The van der Waals surface area contributed by atoms with Crippen molar-refractivity contribution in [2.45, 2.75) is 0 Å². The molecule has 0 spiro atoms. The summed E-state index contributed by atoms with van der Waals surface area (Å²) < 4.78 is 6.14. The van der Waals surface area contributed by atoms with Crippen LogP contribution in [0.25, 0.3) is 0 Å². The minimum Gasteiger partial charge on any atom is -0.446 e. The highest BCUT2D eigenvalue weighted by Gasteiger charge is 1.89. The zero-order valence-electron chi connectivity index (χ0n) is 6.12. The first-order valence-corrected chi connectivity index (χ1v) is 3.95. The molecule has 0 radical (unpaired) electrons. The molecule has 0 saturated carbocycles. The molecule has 1 rings (SSSR count). The fourth-order valence-electron chi connectivity index (χ4n) is 0.627. The normalized spacial score (nSPS) is 10.4. The SMILES string of the molecule is CN=COc1ccc(Br)cc1. The van der Waals surface area contributed by atoms with Crippen LogP contribution in [0, 0.1) is 0 Å². The molecule has 0 unspecified atom stereocenters. The average molecular weight is 214 g/mol. The van der Waals surface area contributed by atoms with Gasteiger partial charge in [0, 0.05) is 11.5 Å². The number of aliphatic imine (C=N–C) groups is 1. The lowest BCUT2D eigenvalue weighted by Gasteiger charge is -1.97. The molecule has 11 heavy (non-hydrogen) atoms. The fraction of sp³-hybridized carbons (Fsp3) is 0.125. The molecular weight excluding hydrogens is 206 g/mol. The van der Waals surface area contributed by atoms with Gasteiger partial charge in [0.05, 0.1) is 0 Å². The Morgan fingerprint density at radius 3 is 2.55 bits per heavy atom. The van der Waals surface area contributed by atoms with Gasteiger partial charge in [-0.1, -0.05) is 15.9 Å². The van der Waals surface area contributed by atoms with E-state index in [9.17, 15) is 0 Å². The van der Waals surface area contributed by atoms with Gasteiger partial charge in [-0.3, -0.25) is 4.99 Å². The van der Waals surface area contributed by atoms with E-state index < -0.39 is 0 Å². The van der Waals surface area contributed by atoms with Crippen molar-refractivity contribution in [2.75, 3.05) is 7.05 Å². The van der Waals surface area contributed by atoms with E-state index in [2.05, 4.69) is 20.9 Å². The monoisotopic (exact) mass is 213 g/mol. The summed E-state index contributed by atoms with van der Waals surface area (Å²) in [5.41, 5.74) is 0. The highest BCUT2D eigenvalue weighted by atomic mass is 79.9. The van der Waals surface area contributed by atoms with Crippen molar-refractivity contribution in [2.24, 2.45) is 4.99 Å². The summed E-state index contributed by atoms with van der Waals surface area (Å²) in [5.74, 6) is 0.791. The van der Waals surface area contributed by atoms with E-state index in [1.807, 2.05) is 24.3 Å². The third kappa shape index (κ3) is 2.72. The molecule has 1 aromatic rings. The van der Waals surface area contributed by atoms with E-state index in [-0.39, 0.29) is 0 Å². The molecule has 0 aromatic heterocycles. The van der Waals surface area contributed by atoms with E-state index in [1.54, 1.807) is 7.05 Å². The molecule has 2 nitrogen and oxygen atoms in total. The molecule has 0 aliphatic heterocycles. The van der Waals surface area contributed by atoms with Crippen LogP contribution in [0.15, 0.2) is 33.7 Å². The fourth-order valence-corrected chi connectivity index (χ4v) is 0.891. The van der Waals surface area contributed by atoms with Gasteiger partial charge in [-0.25, -0.2) is 0 Å². The molecule has 1 aromatic carbocycles. The minimum atomic E-state index is 0.791. The van der Waals surface area contributed by atoms with Gasteiger partial charge in [-0.05, 0) is 24.3 Å². The molecule has 0 N–H and O–H groups in total. The number of benzene rings is 1. The zero-order valence-corrected chi connectivity index (χ0v) is 7.71. The minimum absolute atomic E-state index is 0.791. The van der Waals surface area contributed by atoms with Crippen molar-refractivity contribution in [3.63, 3.8) is 0 Å². The van der Waals surface area contributed by atoms with Gasteiger partial charge in [-0.15, -0.1) is 0 Å². The Morgan fingerprint density at radius 1 is 1.36 bits per heavy atom. The molecule has 0 amide bonds. The molecule has 0 aliphatic carbocycles. The second kappa shape index (κ2) is 4.13. The third-order valence-electron chi connectivity index (χ3n) is 1.11. The molecule has 0 fully saturated rings. The number of hydrogen-bond acceptors (Lipinski definition) is 2. The number of rotatable bonds is 2. The van der Waals surface area contributed by atoms with Crippen molar-refractivity contribution in [1.82, 2.24) is 0 Å². The molecule has 0 bridgehead atoms. The lowest BCUT2D eigenvalue weighted by Crippen LogP contribution is -1.87. The van der Waals surface area contributed by atoms with Crippen molar-refractivity contribution < 1.29 is 4.74 Å². The maximum absolute atomic E-state index is 5.10. The third-order valence-corrected chi connectivity index (χ3v) is 1.64. The predicted octanol–water partition coefficient (Wildman–Crippen LogP) is 2.49. The lowest BCUT2D eigenvalue weighted by molar-refractivity contribution is 0.573. The summed E-state index contributed by atoms with van der Waals surface area (Å²) >= 11 is 3.32. The summed E-state index contributed by atoms with van der Waals surface area (Å²) in [6.45, 7) is 0. The van der Waals surface area contributed by atoms with Gasteiger partial charge in [0.25, 0.3) is 0 Å². The Bertz CT molecular complexity index is 243. The van der Waals surface area contributed by atoms with E-state index in [0.29, 0.717) is 0 Å². The Kier molecular flexibility index (Phi) is 3.11. The van der Waals surface area contributed by atoms with Crippen molar-refractivity contribution in [3.8, 4) is 5.75 Å². The summed E-state index contributed by atoms with van der Waals surface area (Å²) in [6, 6.07) is 7.56. The highest BCUT2D eigenvalue weighted by Crippen LogP contribution is 2.15. The Labute approximate surface area is 74.0 Å². The van der Waals surface area contributed by atoms with E-state index >= 15 is 0 Å². The molecular formula is C8H8BrNO. The molecule has 0 atom stereocenters. The first-order chi connectivity index (χ1) is 5.33. The van der Waals surface area contributed by atoms with Crippen LogP contribution in [0.3, 0.4) is 0 Å². The smallest absolute Gasteiger partial charge is 0.176 e. The summed E-state index contributed by atoms with van der Waals surface area (Å²) in [4.78, 5) is 3.69. The van der Waals surface area contributed by atoms with Gasteiger partial charge >= 0.3 is 0 Å². The maximum Gasteiger partial charge on any atom is 0.176 e. The second-order valence-corrected chi connectivity index (χ2v) is 2.85. The van der Waals surface area contributed by atoms with E-state index in [1.165, 1.54) is 6.40 Å². The van der Waals surface area contributed by atoms with Crippen LogP contribution >= 0.6 is 15.9 Å². The quantitative estimate of drug-likeness (QED) is 0.547. The van der Waals surface area contributed by atoms with Crippen LogP contribution < -0.4 is 4.74 Å². The first kappa shape index (κ1) is 8.27. The Morgan fingerprint density at radius 2 is 2.00 bits per heavy atom. The van der Waals surface area contributed by atoms with Crippen molar-refractivity contribution in [1.29, 1.82) is 0 Å². The second-order valence-electron chi connectivity index (χ2n) is 1.94. The lowest BCUT2D eigenvalue weighted by atomic mass is 10.3. The van der Waals surface area contributed by atoms with E-state index in [4.69, 9.17) is 4.74 Å². The highest BCUT2D eigenvalue weighted by molar-refractivity contribution is 9.10. The zero-order chi connectivity index (χ0) is 8.10. The van der Waals surface area contributed by atoms with Crippen molar-refractivity contribution in [3.05, 3.63) is 28.7 Å². The topological polar surface area (TPSA) is 21.6 Å². The van der Waals surface area contributed by atoms with Crippen LogP contribution in [0.5, 0.6) is 5.75 Å². The largest absolute Gasteiger partial charge is 0.446 e. The summed E-state index contributed by atoms with van der Waals surface area (Å²) in [7, 11) is 1.67.